The van der Waals surface area contributed by atoms with Gasteiger partial charge < -0.3 is 5.32 Å². The molecule has 0 amide bonds. The second-order valence-corrected chi connectivity index (χ2v) is 7.18. The molecule has 1 N–H and O–H groups in total. The van der Waals surface area contributed by atoms with Crippen LogP contribution < -0.4 is 5.32 Å². The Bertz CT molecular complexity index is 865. The summed E-state index contributed by atoms with van der Waals surface area (Å²) >= 11 is 3.52. The lowest BCUT2D eigenvalue weighted by molar-refractivity contribution is 0.779. The minimum absolute atomic E-state index is 1.00. The lowest BCUT2D eigenvalue weighted by Gasteiger charge is -2.11. The Morgan fingerprint density at radius 1 is 1.04 bits per heavy atom. The number of nitrogens with zero attached hydrogens (tertiary/aromatic N) is 2. The average molecular weight is 382 g/mol. The number of anilines is 1. The van der Waals surface area contributed by atoms with Crippen LogP contribution in [0.5, 0.6) is 0 Å². The molecule has 1 aliphatic rings. The van der Waals surface area contributed by atoms with Crippen molar-refractivity contribution in [2.45, 2.75) is 26.2 Å². The van der Waals surface area contributed by atoms with Gasteiger partial charge in [-0.05, 0) is 49.9 Å². The maximum Gasteiger partial charge on any atom is 0.133 e. The van der Waals surface area contributed by atoms with Gasteiger partial charge in [-0.15, -0.1) is 0 Å². The fourth-order valence-electron chi connectivity index (χ4n) is 3.32. The van der Waals surface area contributed by atoms with Crippen molar-refractivity contribution in [3.8, 4) is 16.9 Å². The number of nitrogens with one attached hydrogen (secondary N) is 1. The lowest BCUT2D eigenvalue weighted by Crippen LogP contribution is -2.08. The molecule has 2 aromatic carbocycles. The molecule has 0 saturated heterocycles. The van der Waals surface area contributed by atoms with Crippen molar-refractivity contribution in [1.82, 2.24) is 9.78 Å². The van der Waals surface area contributed by atoms with Gasteiger partial charge in [-0.1, -0.05) is 46.3 Å². The molecule has 4 rings (SSSR count). The summed E-state index contributed by atoms with van der Waals surface area (Å²) < 4.78 is 3.18. The van der Waals surface area contributed by atoms with Crippen LogP contribution in [0.25, 0.3) is 16.9 Å². The Labute approximate surface area is 150 Å². The van der Waals surface area contributed by atoms with E-state index < -0.39 is 0 Å². The van der Waals surface area contributed by atoms with Crippen LogP contribution in [-0.2, 0) is 6.42 Å². The van der Waals surface area contributed by atoms with Crippen LogP contribution in [0.2, 0.25) is 0 Å². The Morgan fingerprint density at radius 3 is 2.62 bits per heavy atom. The van der Waals surface area contributed by atoms with E-state index in [2.05, 4.69) is 81.4 Å². The van der Waals surface area contributed by atoms with Gasteiger partial charge >= 0.3 is 0 Å². The zero-order chi connectivity index (χ0) is 16.5. The minimum atomic E-state index is 1.00. The Balaban J connectivity index is 1.92. The molecule has 0 spiro atoms. The molecule has 0 fully saturated rings. The molecule has 1 aromatic heterocycles. The molecule has 4 heteroatoms. The third kappa shape index (κ3) is 2.75. The maximum absolute atomic E-state index is 5.00. The summed E-state index contributed by atoms with van der Waals surface area (Å²) in [6.45, 7) is 3.14. The van der Waals surface area contributed by atoms with Crippen LogP contribution in [0.4, 0.5) is 5.82 Å². The summed E-state index contributed by atoms with van der Waals surface area (Å²) in [5.74, 6) is 1.15. The molecule has 0 radical (unpaired) electrons. The highest BCUT2D eigenvalue weighted by Crippen LogP contribution is 2.34. The summed E-state index contributed by atoms with van der Waals surface area (Å²) in [7, 11) is 0. The highest BCUT2D eigenvalue weighted by atomic mass is 79.9. The Morgan fingerprint density at radius 2 is 1.83 bits per heavy atom. The highest BCUT2D eigenvalue weighted by Gasteiger charge is 2.22. The van der Waals surface area contributed by atoms with Crippen LogP contribution in [-0.4, -0.2) is 16.3 Å². The molecule has 0 atom stereocenters. The predicted molar refractivity (Wildman–Crippen MR) is 103 cm³/mol. The van der Waals surface area contributed by atoms with E-state index in [-0.39, 0.29) is 0 Å². The molecule has 0 bridgehead atoms. The van der Waals surface area contributed by atoms with E-state index in [1.165, 1.54) is 29.5 Å². The molecule has 3 aromatic rings. The number of hydrogen-bond donors (Lipinski definition) is 1. The van der Waals surface area contributed by atoms with Crippen molar-refractivity contribution >= 4 is 21.7 Å². The second kappa shape index (κ2) is 6.44. The molecule has 0 unspecified atom stereocenters. The lowest BCUT2D eigenvalue weighted by atomic mass is 10.0. The van der Waals surface area contributed by atoms with E-state index >= 15 is 0 Å². The van der Waals surface area contributed by atoms with Crippen molar-refractivity contribution < 1.29 is 0 Å². The number of hydrogen-bond acceptors (Lipinski definition) is 2. The van der Waals surface area contributed by atoms with Gasteiger partial charge in [0.05, 0.1) is 11.4 Å². The molecule has 2 heterocycles. The summed E-state index contributed by atoms with van der Waals surface area (Å²) in [4.78, 5) is 0. The summed E-state index contributed by atoms with van der Waals surface area (Å²) in [6, 6.07) is 16.9. The van der Waals surface area contributed by atoms with Crippen LogP contribution in [0.3, 0.4) is 0 Å². The monoisotopic (exact) mass is 381 g/mol. The third-order valence-electron chi connectivity index (χ3n) is 4.59. The van der Waals surface area contributed by atoms with Gasteiger partial charge in [0.1, 0.15) is 5.82 Å². The van der Waals surface area contributed by atoms with Crippen molar-refractivity contribution in [2.75, 3.05) is 11.9 Å². The summed E-state index contributed by atoms with van der Waals surface area (Å²) in [5, 5.41) is 8.62. The van der Waals surface area contributed by atoms with Crippen LogP contribution in [0.1, 0.15) is 24.0 Å². The van der Waals surface area contributed by atoms with E-state index in [9.17, 15) is 0 Å². The molecule has 0 aliphatic carbocycles. The molecule has 1 aliphatic heterocycles. The normalized spacial score (nSPS) is 13.9. The zero-order valence-corrected chi connectivity index (χ0v) is 15.3. The molecular weight excluding hydrogens is 362 g/mol. The van der Waals surface area contributed by atoms with Gasteiger partial charge in [0.25, 0.3) is 0 Å². The first-order valence-electron chi connectivity index (χ1n) is 8.42. The van der Waals surface area contributed by atoms with Gasteiger partial charge in [-0.3, -0.25) is 0 Å². The number of para-hydroxylation sites is 1. The SMILES string of the molecule is Cc1ccccc1-n1nc(-c2ccc(Br)cc2)c2c1NCCCC2. The third-order valence-corrected chi connectivity index (χ3v) is 5.12. The molecule has 3 nitrogen and oxygen atoms in total. The van der Waals surface area contributed by atoms with Crippen LogP contribution >= 0.6 is 15.9 Å². The molecule has 24 heavy (non-hydrogen) atoms. The average Bonchev–Trinajstić information content (AvgIpc) is 2.78. The summed E-state index contributed by atoms with van der Waals surface area (Å²) in [6.07, 6.45) is 3.46. The Kier molecular flexibility index (Phi) is 4.15. The minimum Gasteiger partial charge on any atom is -0.370 e. The second-order valence-electron chi connectivity index (χ2n) is 6.26. The quantitative estimate of drug-likeness (QED) is 0.647. The number of halogens is 1. The van der Waals surface area contributed by atoms with Crippen LogP contribution in [0.15, 0.2) is 53.0 Å². The topological polar surface area (TPSA) is 29.9 Å². The Hall–Kier alpha value is -2.07. The van der Waals surface area contributed by atoms with Crippen molar-refractivity contribution in [3.63, 3.8) is 0 Å². The van der Waals surface area contributed by atoms with Crippen molar-refractivity contribution in [3.05, 3.63) is 64.1 Å². The van der Waals surface area contributed by atoms with E-state index in [0.717, 1.165) is 34.6 Å². The van der Waals surface area contributed by atoms with Crippen molar-refractivity contribution in [1.29, 1.82) is 0 Å². The largest absolute Gasteiger partial charge is 0.370 e. The standard InChI is InChI=1S/C20H20BrN3/c1-14-6-2-3-8-18(14)24-20-17(7-4-5-13-22-20)19(23-24)15-9-11-16(21)12-10-15/h2-3,6,8-12,22H,4-5,7,13H2,1H3. The fourth-order valence-corrected chi connectivity index (χ4v) is 3.58. The number of aromatic nitrogens is 2. The summed E-state index contributed by atoms with van der Waals surface area (Å²) in [5.41, 5.74) is 5.97. The smallest absolute Gasteiger partial charge is 0.133 e. The number of fused-ring (bicyclic) bond motifs is 1. The first-order chi connectivity index (χ1) is 11.7. The van der Waals surface area contributed by atoms with E-state index in [1.54, 1.807) is 0 Å². The molecule has 122 valence electrons. The van der Waals surface area contributed by atoms with Crippen LogP contribution in [0, 0.1) is 6.92 Å². The zero-order valence-electron chi connectivity index (χ0n) is 13.7. The highest BCUT2D eigenvalue weighted by molar-refractivity contribution is 9.10. The number of rotatable bonds is 2. The molecule has 0 saturated carbocycles. The maximum atomic E-state index is 5.00. The fraction of sp³-hybridized carbons (Fsp3) is 0.250. The van der Waals surface area contributed by atoms with Gasteiger partial charge in [0.15, 0.2) is 0 Å². The van der Waals surface area contributed by atoms with E-state index in [1.807, 2.05) is 0 Å². The molecular formula is C20H20BrN3. The van der Waals surface area contributed by atoms with Gasteiger partial charge in [-0.2, -0.15) is 5.10 Å². The predicted octanol–water partition coefficient (Wildman–Crippen LogP) is 5.36. The van der Waals surface area contributed by atoms with Gasteiger partial charge in [-0.25, -0.2) is 4.68 Å². The number of benzene rings is 2. The first kappa shape index (κ1) is 15.5. The van der Waals surface area contributed by atoms with E-state index in [0.29, 0.717) is 0 Å². The van der Waals surface area contributed by atoms with E-state index in [4.69, 9.17) is 5.10 Å². The van der Waals surface area contributed by atoms with Crippen molar-refractivity contribution in [2.24, 2.45) is 0 Å². The first-order valence-corrected chi connectivity index (χ1v) is 9.21. The van der Waals surface area contributed by atoms with Gasteiger partial charge in [0, 0.05) is 22.1 Å². The van der Waals surface area contributed by atoms with Gasteiger partial charge in [0.2, 0.25) is 0 Å². The number of aryl methyl sites for hydroxylation is 1.